The number of carbonyl (C=O) groups is 2. The van der Waals surface area contributed by atoms with Gasteiger partial charge in [-0.1, -0.05) is 30.3 Å². The molecule has 0 saturated heterocycles. The van der Waals surface area contributed by atoms with Crippen molar-refractivity contribution in [2.45, 2.75) is 12.6 Å². The van der Waals surface area contributed by atoms with Gasteiger partial charge in [-0.3, -0.25) is 0 Å². The van der Waals surface area contributed by atoms with Gasteiger partial charge >= 0.3 is 12.1 Å². The summed E-state index contributed by atoms with van der Waals surface area (Å²) in [5.74, 6) is -0.623. The normalized spacial score (nSPS) is 11.4. The van der Waals surface area contributed by atoms with Crippen LogP contribution in [0.3, 0.4) is 0 Å². The number of methoxy groups -OCH3 is 1. The van der Waals surface area contributed by atoms with Gasteiger partial charge in [0.15, 0.2) is 0 Å². The summed E-state index contributed by atoms with van der Waals surface area (Å²) in [7, 11) is 1.22. The fourth-order valence-electron chi connectivity index (χ4n) is 1.11. The molecule has 0 bridgehead atoms. The number of ether oxygens (including phenoxy) is 2. The molecule has 1 amide bonds. The molecule has 5 heteroatoms. The number of rotatable bonds is 4. The van der Waals surface area contributed by atoms with E-state index in [0.717, 1.165) is 5.56 Å². The Morgan fingerprint density at radius 1 is 1.35 bits per heavy atom. The molecule has 1 atom stereocenters. The highest BCUT2D eigenvalue weighted by molar-refractivity contribution is 5.81. The second kappa shape index (κ2) is 6.52. The van der Waals surface area contributed by atoms with Crippen LogP contribution >= 0.6 is 0 Å². The molecule has 1 aromatic carbocycles. The maximum atomic E-state index is 11.3. The van der Waals surface area contributed by atoms with Gasteiger partial charge in [-0.15, -0.1) is 0 Å². The summed E-state index contributed by atoms with van der Waals surface area (Å²) in [4.78, 5) is 22.2. The van der Waals surface area contributed by atoms with E-state index in [1.165, 1.54) is 7.11 Å². The molecule has 1 rings (SSSR count). The Morgan fingerprint density at radius 3 is 2.59 bits per heavy atom. The Hall–Kier alpha value is -2.04. The molecule has 0 aliphatic heterocycles. The van der Waals surface area contributed by atoms with Crippen molar-refractivity contribution in [3.05, 3.63) is 42.8 Å². The molecule has 0 fully saturated rings. The van der Waals surface area contributed by atoms with Crippen LogP contribution in [0.2, 0.25) is 0 Å². The summed E-state index contributed by atoms with van der Waals surface area (Å²) in [6, 6.07) is 8.24. The topological polar surface area (TPSA) is 64.6 Å². The van der Waals surface area contributed by atoms with E-state index in [1.807, 2.05) is 30.3 Å². The zero-order chi connectivity index (χ0) is 12.7. The first-order valence-corrected chi connectivity index (χ1v) is 5.01. The quantitative estimate of drug-likeness (QED) is 0.800. The summed E-state index contributed by atoms with van der Waals surface area (Å²) in [6.07, 6.45) is -0.709. The van der Waals surface area contributed by atoms with Crippen LogP contribution in [0.25, 0.3) is 0 Å². The highest BCUT2D eigenvalue weighted by Crippen LogP contribution is 2.00. The predicted molar refractivity (Wildman–Crippen MR) is 60.9 cm³/mol. The smallest absolute Gasteiger partial charge is 0.408 e. The monoisotopic (exact) mass is 236 g/mol. The highest BCUT2D eigenvalue weighted by Gasteiger charge is 2.16. The van der Waals surface area contributed by atoms with Crippen LogP contribution in [-0.2, 0) is 20.9 Å². The van der Waals surface area contributed by atoms with Crippen LogP contribution in [0, 0.1) is 6.92 Å². The van der Waals surface area contributed by atoms with Crippen molar-refractivity contribution < 1.29 is 19.1 Å². The third-order valence-electron chi connectivity index (χ3n) is 1.99. The minimum Gasteiger partial charge on any atom is -0.467 e. The van der Waals surface area contributed by atoms with E-state index in [2.05, 4.69) is 17.0 Å². The molecular weight excluding hydrogens is 222 g/mol. The number of alkyl carbamates (subject to hydrolysis) is 1. The third-order valence-corrected chi connectivity index (χ3v) is 1.99. The summed E-state index contributed by atoms with van der Waals surface area (Å²) in [6.45, 7) is 3.56. The largest absolute Gasteiger partial charge is 0.467 e. The van der Waals surface area contributed by atoms with Gasteiger partial charge in [0.25, 0.3) is 0 Å². The van der Waals surface area contributed by atoms with Crippen molar-refractivity contribution in [2.24, 2.45) is 0 Å². The summed E-state index contributed by atoms with van der Waals surface area (Å²) in [5.41, 5.74) is 0.862. The van der Waals surface area contributed by atoms with Crippen molar-refractivity contribution in [2.75, 3.05) is 7.11 Å². The predicted octanol–water partition coefficient (Wildman–Crippen LogP) is 1.29. The molecular formula is C12H14NO4. The molecule has 1 radical (unpaired) electrons. The number of esters is 1. The summed E-state index contributed by atoms with van der Waals surface area (Å²) < 4.78 is 9.30. The van der Waals surface area contributed by atoms with Crippen LogP contribution in [-0.4, -0.2) is 25.2 Å². The number of carbonyl (C=O) groups excluding carboxylic acids is 2. The molecule has 1 N–H and O–H groups in total. The molecule has 5 nitrogen and oxygen atoms in total. The Bertz CT molecular complexity index is 377. The molecule has 0 aliphatic carbocycles. The van der Waals surface area contributed by atoms with Crippen molar-refractivity contribution in [3.8, 4) is 0 Å². The molecule has 0 spiro atoms. The minimum absolute atomic E-state index is 0.139. The van der Waals surface area contributed by atoms with Gasteiger partial charge in [0.2, 0.25) is 0 Å². The molecule has 0 aromatic heterocycles. The zero-order valence-electron chi connectivity index (χ0n) is 9.51. The third kappa shape index (κ3) is 4.55. The molecule has 17 heavy (non-hydrogen) atoms. The lowest BCUT2D eigenvalue weighted by atomic mass is 10.2. The van der Waals surface area contributed by atoms with Crippen LogP contribution in [0.4, 0.5) is 4.79 Å². The molecule has 91 valence electrons. The van der Waals surface area contributed by atoms with Crippen molar-refractivity contribution in [1.29, 1.82) is 0 Å². The maximum absolute atomic E-state index is 11.3. The highest BCUT2D eigenvalue weighted by atomic mass is 16.6. The lowest BCUT2D eigenvalue weighted by Crippen LogP contribution is -2.39. The van der Waals surface area contributed by atoms with Gasteiger partial charge in [-0.25, -0.2) is 9.59 Å². The molecule has 1 aromatic rings. The standard InChI is InChI=1S/C12H14NO4/c1-9(11(14)16-2)13-12(15)17-8-10-6-4-3-5-7-10/h3-7,9H,1,8H2,2H3,(H,13,15)/t9-/m0/s1. The van der Waals surface area contributed by atoms with E-state index in [-0.39, 0.29) is 6.61 Å². The Kier molecular flexibility index (Phi) is 5.00. The van der Waals surface area contributed by atoms with E-state index in [0.29, 0.717) is 0 Å². The van der Waals surface area contributed by atoms with E-state index < -0.39 is 18.1 Å². The first-order valence-electron chi connectivity index (χ1n) is 5.01. The fraction of sp³-hybridized carbons (Fsp3) is 0.250. The van der Waals surface area contributed by atoms with Crippen molar-refractivity contribution in [3.63, 3.8) is 0 Å². The van der Waals surface area contributed by atoms with Crippen molar-refractivity contribution >= 4 is 12.1 Å². The molecule has 0 heterocycles. The van der Waals surface area contributed by atoms with Gasteiger partial charge in [-0.05, 0) is 12.5 Å². The molecule has 0 aliphatic rings. The van der Waals surface area contributed by atoms with Gasteiger partial charge in [0, 0.05) is 0 Å². The van der Waals surface area contributed by atoms with E-state index in [4.69, 9.17) is 4.74 Å². The zero-order valence-corrected chi connectivity index (χ0v) is 9.51. The first kappa shape index (κ1) is 13.0. The van der Waals surface area contributed by atoms with E-state index in [9.17, 15) is 9.59 Å². The minimum atomic E-state index is -0.969. The van der Waals surface area contributed by atoms with Gasteiger partial charge in [-0.2, -0.15) is 0 Å². The lowest BCUT2D eigenvalue weighted by Gasteiger charge is -2.11. The Balaban J connectivity index is 2.33. The van der Waals surface area contributed by atoms with Gasteiger partial charge < -0.3 is 14.8 Å². The van der Waals surface area contributed by atoms with Crippen LogP contribution in [0.15, 0.2) is 30.3 Å². The Labute approximate surface area is 99.7 Å². The fourth-order valence-corrected chi connectivity index (χ4v) is 1.11. The maximum Gasteiger partial charge on any atom is 0.408 e. The van der Waals surface area contributed by atoms with Crippen LogP contribution < -0.4 is 5.32 Å². The summed E-state index contributed by atoms with van der Waals surface area (Å²) >= 11 is 0. The number of hydrogen-bond donors (Lipinski definition) is 1. The van der Waals surface area contributed by atoms with E-state index >= 15 is 0 Å². The lowest BCUT2D eigenvalue weighted by molar-refractivity contribution is -0.141. The van der Waals surface area contributed by atoms with E-state index in [1.54, 1.807) is 0 Å². The molecule has 0 saturated carbocycles. The second-order valence-electron chi connectivity index (χ2n) is 3.28. The number of nitrogens with one attached hydrogen (secondary N) is 1. The SMILES string of the molecule is [CH2][C@H](NC(=O)OCc1ccccc1)C(=O)OC. The average Bonchev–Trinajstić information content (AvgIpc) is 2.36. The number of hydrogen-bond acceptors (Lipinski definition) is 4. The molecule has 0 unspecified atom stereocenters. The first-order chi connectivity index (χ1) is 8.13. The van der Waals surface area contributed by atoms with Crippen LogP contribution in [0.1, 0.15) is 5.56 Å². The van der Waals surface area contributed by atoms with Gasteiger partial charge in [0.05, 0.1) is 7.11 Å². The summed E-state index contributed by atoms with van der Waals surface area (Å²) in [5, 5.41) is 2.25. The van der Waals surface area contributed by atoms with Crippen LogP contribution in [0.5, 0.6) is 0 Å². The number of amides is 1. The average molecular weight is 236 g/mol. The van der Waals surface area contributed by atoms with Gasteiger partial charge in [0.1, 0.15) is 12.6 Å². The second-order valence-corrected chi connectivity index (χ2v) is 3.28. The van der Waals surface area contributed by atoms with Crippen molar-refractivity contribution in [1.82, 2.24) is 5.32 Å². The number of benzene rings is 1. The Morgan fingerprint density at radius 2 is 2.00 bits per heavy atom.